The predicted octanol–water partition coefficient (Wildman–Crippen LogP) is 0.475. The molecule has 1 amide bonds. The molecule has 3 rings (SSSR count). The van der Waals surface area contributed by atoms with E-state index in [-0.39, 0.29) is 17.9 Å². The van der Waals surface area contributed by atoms with Crippen LogP contribution in [0.2, 0.25) is 0 Å². The monoisotopic (exact) mass is 249 g/mol. The second-order valence-electron chi connectivity index (χ2n) is 5.08. The van der Waals surface area contributed by atoms with E-state index < -0.39 is 5.97 Å². The lowest BCUT2D eigenvalue weighted by molar-refractivity contribution is -0.137. The molecular weight excluding hydrogens is 234 g/mol. The number of carboxylic acid groups (broad SMARTS) is 1. The first-order chi connectivity index (χ1) is 8.55. The molecule has 1 aliphatic heterocycles. The Morgan fingerprint density at radius 2 is 2.28 bits per heavy atom. The normalized spacial score (nSPS) is 20.1. The fourth-order valence-electron chi connectivity index (χ4n) is 2.65. The number of nitrogens with zero attached hydrogens (tertiary/aromatic N) is 3. The highest BCUT2D eigenvalue weighted by Crippen LogP contribution is 2.51. The summed E-state index contributed by atoms with van der Waals surface area (Å²) in [6.07, 6.45) is 3.72. The molecule has 96 valence electrons. The van der Waals surface area contributed by atoms with Crippen LogP contribution in [-0.4, -0.2) is 44.8 Å². The number of aromatic nitrogens is 2. The average molecular weight is 249 g/mol. The fraction of sp³-hybridized carbons (Fsp3) is 0.583. The van der Waals surface area contributed by atoms with Crippen LogP contribution in [0.1, 0.15) is 35.8 Å². The summed E-state index contributed by atoms with van der Waals surface area (Å²) in [5.74, 6) is -1.17. The molecule has 1 aliphatic carbocycles. The van der Waals surface area contributed by atoms with Gasteiger partial charge in [-0.05, 0) is 19.8 Å². The average Bonchev–Trinajstić information content (AvgIpc) is 2.94. The van der Waals surface area contributed by atoms with Crippen LogP contribution in [-0.2, 0) is 16.8 Å². The van der Waals surface area contributed by atoms with Crippen molar-refractivity contribution in [3.05, 3.63) is 17.5 Å². The molecule has 0 aromatic carbocycles. The maximum Gasteiger partial charge on any atom is 0.323 e. The zero-order valence-electron chi connectivity index (χ0n) is 10.2. The van der Waals surface area contributed by atoms with E-state index in [1.165, 1.54) is 4.90 Å². The number of rotatable bonds is 3. The van der Waals surface area contributed by atoms with Gasteiger partial charge in [0.1, 0.15) is 6.54 Å². The number of carboxylic acids is 1. The van der Waals surface area contributed by atoms with Crippen molar-refractivity contribution in [3.8, 4) is 0 Å². The molecule has 0 unspecified atom stereocenters. The summed E-state index contributed by atoms with van der Waals surface area (Å²) in [5.41, 5.74) is 1.39. The Morgan fingerprint density at radius 3 is 2.83 bits per heavy atom. The molecule has 0 atom stereocenters. The van der Waals surface area contributed by atoms with Gasteiger partial charge in [0.25, 0.3) is 5.91 Å². The Hall–Kier alpha value is -1.85. The number of fused-ring (bicyclic) bond motifs is 2. The van der Waals surface area contributed by atoms with Gasteiger partial charge in [-0.2, -0.15) is 5.10 Å². The van der Waals surface area contributed by atoms with Gasteiger partial charge in [-0.3, -0.25) is 14.3 Å². The summed E-state index contributed by atoms with van der Waals surface area (Å²) in [4.78, 5) is 24.4. The molecule has 6 heteroatoms. The first kappa shape index (κ1) is 11.3. The van der Waals surface area contributed by atoms with Crippen LogP contribution in [0, 0.1) is 0 Å². The summed E-state index contributed by atoms with van der Waals surface area (Å²) >= 11 is 0. The second kappa shape index (κ2) is 3.57. The van der Waals surface area contributed by atoms with Crippen LogP contribution in [0.3, 0.4) is 0 Å². The van der Waals surface area contributed by atoms with Gasteiger partial charge >= 0.3 is 5.97 Å². The van der Waals surface area contributed by atoms with Crippen molar-refractivity contribution in [3.63, 3.8) is 0 Å². The molecular formula is C12H15N3O3. The van der Waals surface area contributed by atoms with E-state index in [9.17, 15) is 9.59 Å². The van der Waals surface area contributed by atoms with E-state index in [0.717, 1.165) is 25.1 Å². The summed E-state index contributed by atoms with van der Waals surface area (Å²) in [6.45, 7) is 2.95. The van der Waals surface area contributed by atoms with Gasteiger partial charge in [0.2, 0.25) is 0 Å². The lowest BCUT2D eigenvalue weighted by Crippen LogP contribution is -2.45. The first-order valence-corrected chi connectivity index (χ1v) is 6.15. The Labute approximate surface area is 104 Å². The fourth-order valence-corrected chi connectivity index (χ4v) is 2.65. The molecule has 1 fully saturated rings. The van der Waals surface area contributed by atoms with Crippen molar-refractivity contribution < 1.29 is 14.7 Å². The third kappa shape index (κ3) is 1.52. The van der Waals surface area contributed by atoms with Gasteiger partial charge in [0, 0.05) is 24.7 Å². The van der Waals surface area contributed by atoms with Gasteiger partial charge in [-0.15, -0.1) is 0 Å². The number of carbonyl (C=O) groups is 2. The third-order valence-electron chi connectivity index (χ3n) is 3.78. The zero-order chi connectivity index (χ0) is 12.9. The van der Waals surface area contributed by atoms with Crippen LogP contribution in [0.5, 0.6) is 0 Å². The lowest BCUT2D eigenvalue weighted by atomic mass is 9.93. The Bertz CT molecular complexity index is 531. The number of carbonyl (C=O) groups excluding carboxylic acids is 1. The largest absolute Gasteiger partial charge is 0.480 e. The SMILES string of the molecule is CCn1cc2c(n1)C1(CC1)CN(CC(=O)O)C2=O. The summed E-state index contributed by atoms with van der Waals surface area (Å²) in [7, 11) is 0. The standard InChI is InChI=1S/C12H15N3O3/c1-2-15-5-8-10(13-15)12(3-4-12)7-14(11(8)18)6-9(16)17/h5H,2-4,6-7H2,1H3,(H,16,17). The smallest absolute Gasteiger partial charge is 0.323 e. The van der Waals surface area contributed by atoms with Crippen LogP contribution in [0.4, 0.5) is 0 Å². The van der Waals surface area contributed by atoms with E-state index in [0.29, 0.717) is 12.1 Å². The zero-order valence-corrected chi connectivity index (χ0v) is 10.2. The molecule has 1 aromatic rings. The predicted molar refractivity (Wildman–Crippen MR) is 62.4 cm³/mol. The number of amides is 1. The second-order valence-corrected chi connectivity index (χ2v) is 5.08. The van der Waals surface area contributed by atoms with E-state index >= 15 is 0 Å². The minimum absolute atomic E-state index is 0.0703. The minimum atomic E-state index is -0.967. The molecule has 1 spiro atoms. The van der Waals surface area contributed by atoms with Crippen LogP contribution in [0.15, 0.2) is 6.20 Å². The number of aliphatic carboxylic acids is 1. The van der Waals surface area contributed by atoms with Gasteiger partial charge in [-0.1, -0.05) is 0 Å². The van der Waals surface area contributed by atoms with Crippen LogP contribution in [0.25, 0.3) is 0 Å². The van der Waals surface area contributed by atoms with Gasteiger partial charge in [0.15, 0.2) is 0 Å². The highest BCUT2D eigenvalue weighted by atomic mass is 16.4. The van der Waals surface area contributed by atoms with Crippen LogP contribution >= 0.6 is 0 Å². The Morgan fingerprint density at radius 1 is 1.56 bits per heavy atom. The molecule has 1 N–H and O–H groups in total. The summed E-state index contributed by atoms with van der Waals surface area (Å²) in [5, 5.41) is 13.3. The van der Waals surface area contributed by atoms with Crippen molar-refractivity contribution in [2.24, 2.45) is 0 Å². The number of hydrogen-bond donors (Lipinski definition) is 1. The van der Waals surface area contributed by atoms with Gasteiger partial charge in [0.05, 0.1) is 11.3 Å². The molecule has 1 saturated carbocycles. The Balaban J connectivity index is 2.00. The molecule has 2 heterocycles. The van der Waals surface area contributed by atoms with Crippen molar-refractivity contribution in [2.45, 2.75) is 31.7 Å². The van der Waals surface area contributed by atoms with E-state index in [1.807, 2.05) is 6.92 Å². The van der Waals surface area contributed by atoms with Crippen molar-refractivity contribution in [1.82, 2.24) is 14.7 Å². The number of aryl methyl sites for hydroxylation is 1. The van der Waals surface area contributed by atoms with Crippen molar-refractivity contribution in [1.29, 1.82) is 0 Å². The number of hydrogen-bond acceptors (Lipinski definition) is 3. The lowest BCUT2D eigenvalue weighted by Gasteiger charge is -2.30. The molecule has 2 aliphatic rings. The molecule has 1 aromatic heterocycles. The quantitative estimate of drug-likeness (QED) is 0.845. The molecule has 0 bridgehead atoms. The highest BCUT2D eigenvalue weighted by Gasteiger charge is 2.53. The van der Waals surface area contributed by atoms with Crippen LogP contribution < -0.4 is 0 Å². The molecule has 0 saturated heterocycles. The Kier molecular flexibility index (Phi) is 2.23. The maximum absolute atomic E-state index is 12.2. The minimum Gasteiger partial charge on any atom is -0.480 e. The summed E-state index contributed by atoms with van der Waals surface area (Å²) < 4.78 is 1.76. The van der Waals surface area contributed by atoms with Crippen molar-refractivity contribution in [2.75, 3.05) is 13.1 Å². The topological polar surface area (TPSA) is 75.4 Å². The third-order valence-corrected chi connectivity index (χ3v) is 3.78. The molecule has 0 radical (unpaired) electrons. The van der Waals surface area contributed by atoms with E-state index in [1.54, 1.807) is 10.9 Å². The highest BCUT2D eigenvalue weighted by molar-refractivity contribution is 5.98. The molecule has 18 heavy (non-hydrogen) atoms. The molecule has 6 nitrogen and oxygen atoms in total. The van der Waals surface area contributed by atoms with Gasteiger partial charge in [-0.25, -0.2) is 0 Å². The van der Waals surface area contributed by atoms with E-state index in [4.69, 9.17) is 5.11 Å². The summed E-state index contributed by atoms with van der Waals surface area (Å²) in [6, 6.07) is 0. The maximum atomic E-state index is 12.2. The van der Waals surface area contributed by atoms with Crippen molar-refractivity contribution >= 4 is 11.9 Å². The van der Waals surface area contributed by atoms with Gasteiger partial charge < -0.3 is 10.0 Å². The van der Waals surface area contributed by atoms with E-state index in [2.05, 4.69) is 5.10 Å². The first-order valence-electron chi connectivity index (χ1n) is 6.15.